The lowest BCUT2D eigenvalue weighted by atomic mass is 9.91. The number of rotatable bonds is 8. The Bertz CT molecular complexity index is 908. The Morgan fingerprint density at radius 3 is 2.55 bits per heavy atom. The van der Waals surface area contributed by atoms with Crippen LogP contribution in [0.3, 0.4) is 0 Å². The summed E-state index contributed by atoms with van der Waals surface area (Å²) in [5.41, 5.74) is 1.33. The third-order valence-electron chi connectivity index (χ3n) is 5.49. The molecule has 2 aromatic rings. The van der Waals surface area contributed by atoms with Crippen molar-refractivity contribution in [3.63, 3.8) is 0 Å². The van der Waals surface area contributed by atoms with E-state index in [2.05, 4.69) is 24.3 Å². The molecule has 0 atom stereocenters. The first-order valence-electron chi connectivity index (χ1n) is 10.1. The molecule has 0 unspecified atom stereocenters. The summed E-state index contributed by atoms with van der Waals surface area (Å²) in [5.74, 6) is 2.69. The molecule has 2 aromatic carbocycles. The van der Waals surface area contributed by atoms with E-state index < -0.39 is 10.0 Å². The predicted octanol–water partition coefficient (Wildman–Crippen LogP) is 3.47. The van der Waals surface area contributed by atoms with E-state index in [9.17, 15) is 8.42 Å². The topological polar surface area (TPSA) is 65.1 Å². The van der Waals surface area contributed by atoms with E-state index in [1.807, 2.05) is 6.07 Å². The molecule has 0 N–H and O–H groups in total. The van der Waals surface area contributed by atoms with Gasteiger partial charge in [-0.3, -0.25) is 0 Å². The van der Waals surface area contributed by atoms with Gasteiger partial charge in [0.25, 0.3) is 0 Å². The van der Waals surface area contributed by atoms with Crippen molar-refractivity contribution in [3.8, 4) is 17.2 Å². The maximum atomic E-state index is 12.6. The van der Waals surface area contributed by atoms with Gasteiger partial charge in [0.15, 0.2) is 11.5 Å². The molecule has 156 valence electrons. The first-order valence-corrected chi connectivity index (χ1v) is 11.8. The second kappa shape index (κ2) is 9.05. The van der Waals surface area contributed by atoms with Crippen molar-refractivity contribution in [2.24, 2.45) is 5.92 Å². The summed E-state index contributed by atoms with van der Waals surface area (Å²) in [5, 5.41) is 0. The van der Waals surface area contributed by atoms with Gasteiger partial charge < -0.3 is 14.2 Å². The fourth-order valence-corrected chi connectivity index (χ4v) is 5.37. The lowest BCUT2D eigenvalue weighted by Gasteiger charge is -2.31. The van der Waals surface area contributed by atoms with E-state index in [4.69, 9.17) is 14.2 Å². The van der Waals surface area contributed by atoms with E-state index >= 15 is 0 Å². The van der Waals surface area contributed by atoms with Crippen LogP contribution < -0.4 is 14.2 Å². The maximum Gasteiger partial charge on any atom is 0.231 e. The van der Waals surface area contributed by atoms with Crippen molar-refractivity contribution in [1.82, 2.24) is 4.31 Å². The van der Waals surface area contributed by atoms with Crippen LogP contribution in [-0.4, -0.2) is 45.0 Å². The van der Waals surface area contributed by atoms with Gasteiger partial charge in [0.2, 0.25) is 16.8 Å². The standard InChI is InChI=1S/C22H27NO5S/c24-29(25,14-4-13-26-20-7-8-21-22(16-20)28-17-27-21)23-11-9-19(10-12-23)15-18-5-2-1-3-6-18/h1-3,5-8,16,19H,4,9-15,17H2. The summed E-state index contributed by atoms with van der Waals surface area (Å²) in [6, 6.07) is 15.8. The van der Waals surface area contributed by atoms with E-state index in [-0.39, 0.29) is 12.5 Å². The molecule has 4 rings (SSSR count). The summed E-state index contributed by atoms with van der Waals surface area (Å²) in [7, 11) is -3.23. The van der Waals surface area contributed by atoms with Crippen LogP contribution in [0, 0.1) is 5.92 Å². The Kier molecular flexibility index (Phi) is 6.25. The summed E-state index contributed by atoms with van der Waals surface area (Å²) in [6.07, 6.45) is 3.32. The van der Waals surface area contributed by atoms with E-state index in [0.717, 1.165) is 19.3 Å². The summed E-state index contributed by atoms with van der Waals surface area (Å²) < 4.78 is 43.2. The molecule has 2 aliphatic heterocycles. The quantitative estimate of drug-likeness (QED) is 0.616. The Balaban J connectivity index is 1.19. The van der Waals surface area contributed by atoms with E-state index in [0.29, 0.717) is 49.3 Å². The zero-order chi connectivity index (χ0) is 20.1. The molecular formula is C22H27NO5S. The molecule has 0 aromatic heterocycles. The van der Waals surface area contributed by atoms with Crippen LogP contribution in [0.2, 0.25) is 0 Å². The first-order chi connectivity index (χ1) is 14.1. The lowest BCUT2D eigenvalue weighted by molar-refractivity contribution is 0.173. The SMILES string of the molecule is O=S(=O)(CCCOc1ccc2c(c1)OCO2)N1CCC(Cc2ccccc2)CC1. The average Bonchev–Trinajstić information content (AvgIpc) is 3.20. The molecule has 0 amide bonds. The van der Waals surface area contributed by atoms with Gasteiger partial charge in [-0.1, -0.05) is 30.3 Å². The first kappa shape index (κ1) is 20.0. The van der Waals surface area contributed by atoms with Crippen LogP contribution in [0.5, 0.6) is 17.2 Å². The van der Waals surface area contributed by atoms with Crippen LogP contribution in [0.15, 0.2) is 48.5 Å². The van der Waals surface area contributed by atoms with Crippen LogP contribution in [0.4, 0.5) is 0 Å². The Labute approximate surface area is 172 Å². The Morgan fingerprint density at radius 1 is 1.00 bits per heavy atom. The lowest BCUT2D eigenvalue weighted by Crippen LogP contribution is -2.40. The van der Waals surface area contributed by atoms with Crippen molar-refractivity contribution in [1.29, 1.82) is 0 Å². The molecule has 0 bridgehead atoms. The van der Waals surface area contributed by atoms with Gasteiger partial charge in [-0.05, 0) is 49.3 Å². The average molecular weight is 418 g/mol. The van der Waals surface area contributed by atoms with Crippen LogP contribution in [0.25, 0.3) is 0 Å². The number of fused-ring (bicyclic) bond motifs is 1. The second-order valence-corrected chi connectivity index (χ2v) is 9.65. The number of ether oxygens (including phenoxy) is 3. The van der Waals surface area contributed by atoms with Gasteiger partial charge in [0, 0.05) is 19.2 Å². The molecule has 1 saturated heterocycles. The van der Waals surface area contributed by atoms with Gasteiger partial charge in [-0.2, -0.15) is 0 Å². The summed E-state index contributed by atoms with van der Waals surface area (Å²) in [4.78, 5) is 0. The van der Waals surface area contributed by atoms with E-state index in [1.54, 1.807) is 22.5 Å². The molecule has 2 aliphatic rings. The fourth-order valence-electron chi connectivity index (χ4n) is 3.87. The highest BCUT2D eigenvalue weighted by atomic mass is 32.2. The molecule has 1 fully saturated rings. The number of sulfonamides is 1. The zero-order valence-corrected chi connectivity index (χ0v) is 17.3. The molecular weight excluding hydrogens is 390 g/mol. The molecule has 7 heteroatoms. The van der Waals surface area contributed by atoms with Crippen LogP contribution in [-0.2, 0) is 16.4 Å². The highest BCUT2D eigenvalue weighted by Gasteiger charge is 2.27. The molecule has 6 nitrogen and oxygen atoms in total. The normalized spacial score (nSPS) is 17.4. The molecule has 2 heterocycles. The molecule has 0 radical (unpaired) electrons. The number of hydrogen-bond donors (Lipinski definition) is 0. The van der Waals surface area contributed by atoms with Crippen molar-refractivity contribution in [3.05, 3.63) is 54.1 Å². The Hall–Kier alpha value is -2.25. The number of benzene rings is 2. The second-order valence-electron chi connectivity index (χ2n) is 7.57. The number of hydrogen-bond acceptors (Lipinski definition) is 5. The third-order valence-corrected chi connectivity index (χ3v) is 7.45. The fraction of sp³-hybridized carbons (Fsp3) is 0.455. The summed E-state index contributed by atoms with van der Waals surface area (Å²) in [6.45, 7) is 1.80. The predicted molar refractivity (Wildman–Crippen MR) is 111 cm³/mol. The minimum atomic E-state index is -3.23. The minimum Gasteiger partial charge on any atom is -0.493 e. The third kappa shape index (κ3) is 5.22. The van der Waals surface area contributed by atoms with Gasteiger partial charge in [-0.15, -0.1) is 0 Å². The van der Waals surface area contributed by atoms with Gasteiger partial charge in [-0.25, -0.2) is 12.7 Å². The van der Waals surface area contributed by atoms with Crippen LogP contribution >= 0.6 is 0 Å². The highest BCUT2D eigenvalue weighted by Crippen LogP contribution is 2.35. The van der Waals surface area contributed by atoms with E-state index in [1.165, 1.54) is 5.56 Å². The Morgan fingerprint density at radius 2 is 1.76 bits per heavy atom. The zero-order valence-electron chi connectivity index (χ0n) is 16.5. The number of piperidine rings is 1. The van der Waals surface area contributed by atoms with Crippen molar-refractivity contribution < 1.29 is 22.6 Å². The highest BCUT2D eigenvalue weighted by molar-refractivity contribution is 7.89. The monoisotopic (exact) mass is 417 g/mol. The largest absolute Gasteiger partial charge is 0.493 e. The van der Waals surface area contributed by atoms with Gasteiger partial charge in [0.05, 0.1) is 12.4 Å². The maximum absolute atomic E-state index is 12.6. The van der Waals surface area contributed by atoms with Crippen molar-refractivity contribution in [2.45, 2.75) is 25.7 Å². The number of nitrogens with zero attached hydrogens (tertiary/aromatic N) is 1. The van der Waals surface area contributed by atoms with Crippen LogP contribution in [0.1, 0.15) is 24.8 Å². The van der Waals surface area contributed by atoms with Crippen molar-refractivity contribution in [2.75, 3.05) is 32.2 Å². The minimum absolute atomic E-state index is 0.112. The smallest absolute Gasteiger partial charge is 0.231 e. The molecule has 0 spiro atoms. The molecule has 29 heavy (non-hydrogen) atoms. The summed E-state index contributed by atoms with van der Waals surface area (Å²) >= 11 is 0. The van der Waals surface area contributed by atoms with Crippen molar-refractivity contribution >= 4 is 10.0 Å². The van der Waals surface area contributed by atoms with Gasteiger partial charge in [0.1, 0.15) is 5.75 Å². The van der Waals surface area contributed by atoms with Gasteiger partial charge >= 0.3 is 0 Å². The molecule has 0 aliphatic carbocycles. The molecule has 0 saturated carbocycles.